The number of benzene rings is 1. The molecule has 4 nitrogen and oxygen atoms in total. The topological polar surface area (TPSA) is 59.3 Å². The van der Waals surface area contributed by atoms with E-state index in [9.17, 15) is 9.59 Å². The summed E-state index contributed by atoms with van der Waals surface area (Å²) in [5.41, 5.74) is -0.681. The second kappa shape index (κ2) is 6.12. The maximum atomic E-state index is 12.3. The molecule has 0 saturated carbocycles. The maximum absolute atomic E-state index is 12.3. The number of hydrogen-bond donors (Lipinski definition) is 1. The van der Waals surface area contributed by atoms with Gasteiger partial charge in [0, 0.05) is 18.1 Å². The highest BCUT2D eigenvalue weighted by atomic mass is 16.4. The van der Waals surface area contributed by atoms with E-state index in [-0.39, 0.29) is 5.56 Å². The second-order valence-electron chi connectivity index (χ2n) is 6.05. The van der Waals surface area contributed by atoms with Gasteiger partial charge in [-0.05, 0) is 44.2 Å². The number of aryl methyl sites for hydroxylation is 1. The molecular formula is C17H21NO3. The van der Waals surface area contributed by atoms with Crippen molar-refractivity contribution in [2.24, 2.45) is 5.41 Å². The van der Waals surface area contributed by atoms with E-state index in [1.807, 2.05) is 36.5 Å². The number of fused-ring (bicyclic) bond motifs is 1. The molecule has 0 atom stereocenters. The molecular weight excluding hydrogens is 266 g/mol. The Balaban J connectivity index is 2.00. The standard InChI is InChI=1S/C17H21NO3/c1-17(2,16(20)21)10-5-6-11-18-12-9-13-7-3-4-8-14(13)15(18)19/h3-4,7-9,12H,5-6,10-11H2,1-2H3,(H,20,21). The zero-order valence-electron chi connectivity index (χ0n) is 12.5. The quantitative estimate of drug-likeness (QED) is 0.829. The highest BCUT2D eigenvalue weighted by Gasteiger charge is 2.25. The summed E-state index contributed by atoms with van der Waals surface area (Å²) in [5, 5.41) is 10.7. The molecule has 1 heterocycles. The lowest BCUT2D eigenvalue weighted by Crippen LogP contribution is -2.24. The van der Waals surface area contributed by atoms with Gasteiger partial charge in [0.1, 0.15) is 0 Å². The molecule has 1 aromatic heterocycles. The molecule has 2 aromatic rings. The Kier molecular flexibility index (Phi) is 4.46. The molecule has 112 valence electrons. The fourth-order valence-electron chi connectivity index (χ4n) is 2.36. The van der Waals surface area contributed by atoms with Crippen LogP contribution >= 0.6 is 0 Å². The molecule has 0 bridgehead atoms. The number of nitrogens with zero attached hydrogens (tertiary/aromatic N) is 1. The minimum absolute atomic E-state index is 0.0191. The van der Waals surface area contributed by atoms with Crippen molar-refractivity contribution in [1.29, 1.82) is 0 Å². The van der Waals surface area contributed by atoms with Crippen molar-refractivity contribution in [1.82, 2.24) is 4.57 Å². The Bertz CT molecular complexity index is 700. The number of carbonyl (C=O) groups is 1. The maximum Gasteiger partial charge on any atom is 0.309 e. The van der Waals surface area contributed by atoms with Gasteiger partial charge in [0.25, 0.3) is 5.56 Å². The molecule has 0 unspecified atom stereocenters. The van der Waals surface area contributed by atoms with Gasteiger partial charge in [-0.1, -0.05) is 24.6 Å². The first kappa shape index (κ1) is 15.3. The minimum atomic E-state index is -0.773. The summed E-state index contributed by atoms with van der Waals surface area (Å²) in [5.74, 6) is -0.773. The predicted octanol–water partition coefficient (Wildman–Crippen LogP) is 3.28. The van der Waals surface area contributed by atoms with Crippen LogP contribution < -0.4 is 5.56 Å². The van der Waals surface area contributed by atoms with Gasteiger partial charge in [-0.3, -0.25) is 9.59 Å². The number of hydrogen-bond acceptors (Lipinski definition) is 2. The average Bonchev–Trinajstić information content (AvgIpc) is 2.45. The molecule has 0 amide bonds. The van der Waals surface area contributed by atoms with Crippen LogP contribution in [0.4, 0.5) is 0 Å². The van der Waals surface area contributed by atoms with Gasteiger partial charge in [0.2, 0.25) is 0 Å². The molecule has 0 aliphatic rings. The van der Waals surface area contributed by atoms with E-state index in [2.05, 4.69) is 0 Å². The molecule has 0 radical (unpaired) electrons. The zero-order valence-corrected chi connectivity index (χ0v) is 12.5. The van der Waals surface area contributed by atoms with Crippen LogP contribution in [0, 0.1) is 5.41 Å². The van der Waals surface area contributed by atoms with Crippen LogP contribution in [0.15, 0.2) is 41.3 Å². The van der Waals surface area contributed by atoms with Crippen molar-refractivity contribution in [2.45, 2.75) is 39.7 Å². The summed E-state index contributed by atoms with van der Waals surface area (Å²) in [6.07, 6.45) is 4.02. The third-order valence-electron chi connectivity index (χ3n) is 3.92. The van der Waals surface area contributed by atoms with E-state index >= 15 is 0 Å². The van der Waals surface area contributed by atoms with Crippen LogP contribution in [0.2, 0.25) is 0 Å². The van der Waals surface area contributed by atoms with E-state index < -0.39 is 11.4 Å². The third kappa shape index (κ3) is 3.51. The Morgan fingerprint density at radius 2 is 1.90 bits per heavy atom. The predicted molar refractivity (Wildman–Crippen MR) is 83.5 cm³/mol. The van der Waals surface area contributed by atoms with Crippen molar-refractivity contribution in [3.05, 3.63) is 46.9 Å². The summed E-state index contributed by atoms with van der Waals surface area (Å²) in [4.78, 5) is 23.3. The highest BCUT2D eigenvalue weighted by Crippen LogP contribution is 2.23. The first-order valence-electron chi connectivity index (χ1n) is 7.23. The molecule has 4 heteroatoms. The third-order valence-corrected chi connectivity index (χ3v) is 3.92. The van der Waals surface area contributed by atoms with Crippen LogP contribution in [0.1, 0.15) is 33.1 Å². The number of aliphatic carboxylic acids is 1. The van der Waals surface area contributed by atoms with Gasteiger partial charge in [-0.15, -0.1) is 0 Å². The second-order valence-corrected chi connectivity index (χ2v) is 6.05. The van der Waals surface area contributed by atoms with E-state index in [0.29, 0.717) is 13.0 Å². The Morgan fingerprint density at radius 1 is 1.19 bits per heavy atom. The normalized spacial score (nSPS) is 11.7. The smallest absolute Gasteiger partial charge is 0.309 e. The number of pyridine rings is 1. The lowest BCUT2D eigenvalue weighted by molar-refractivity contribution is -0.147. The van der Waals surface area contributed by atoms with E-state index in [4.69, 9.17) is 5.11 Å². The highest BCUT2D eigenvalue weighted by molar-refractivity contribution is 5.81. The van der Waals surface area contributed by atoms with Gasteiger partial charge in [0.15, 0.2) is 0 Å². The number of rotatable bonds is 6. The van der Waals surface area contributed by atoms with E-state index in [0.717, 1.165) is 23.6 Å². The molecule has 1 aromatic carbocycles. The van der Waals surface area contributed by atoms with Gasteiger partial charge >= 0.3 is 5.97 Å². The Morgan fingerprint density at radius 3 is 2.62 bits per heavy atom. The molecule has 0 spiro atoms. The van der Waals surface area contributed by atoms with Crippen LogP contribution in [0.3, 0.4) is 0 Å². The molecule has 1 N–H and O–H groups in total. The van der Waals surface area contributed by atoms with Crippen molar-refractivity contribution in [3.8, 4) is 0 Å². The van der Waals surface area contributed by atoms with Gasteiger partial charge in [-0.2, -0.15) is 0 Å². The Labute approximate surface area is 124 Å². The first-order valence-corrected chi connectivity index (χ1v) is 7.23. The fourth-order valence-corrected chi connectivity index (χ4v) is 2.36. The number of carboxylic acids is 1. The monoisotopic (exact) mass is 287 g/mol. The van der Waals surface area contributed by atoms with Crippen molar-refractivity contribution in [2.75, 3.05) is 0 Å². The minimum Gasteiger partial charge on any atom is -0.481 e. The molecule has 21 heavy (non-hydrogen) atoms. The van der Waals surface area contributed by atoms with Crippen LogP contribution in [-0.4, -0.2) is 15.6 Å². The Hall–Kier alpha value is -2.10. The SMILES string of the molecule is CC(C)(CCCCn1ccc2ccccc2c1=O)C(=O)O. The van der Waals surface area contributed by atoms with Crippen molar-refractivity contribution in [3.63, 3.8) is 0 Å². The first-order chi connectivity index (χ1) is 9.92. The number of unbranched alkanes of at least 4 members (excludes halogenated alkanes) is 1. The number of aromatic nitrogens is 1. The van der Waals surface area contributed by atoms with Crippen molar-refractivity contribution >= 4 is 16.7 Å². The number of carboxylic acid groups (broad SMARTS) is 1. The summed E-state index contributed by atoms with van der Waals surface area (Å²) in [6.45, 7) is 4.09. The summed E-state index contributed by atoms with van der Waals surface area (Å²) < 4.78 is 1.70. The van der Waals surface area contributed by atoms with E-state index in [1.165, 1.54) is 0 Å². The van der Waals surface area contributed by atoms with Gasteiger partial charge in [-0.25, -0.2) is 0 Å². The summed E-state index contributed by atoms with van der Waals surface area (Å²) in [7, 11) is 0. The molecule has 0 aliphatic carbocycles. The fraction of sp³-hybridized carbons (Fsp3) is 0.412. The zero-order chi connectivity index (χ0) is 15.5. The van der Waals surface area contributed by atoms with Crippen molar-refractivity contribution < 1.29 is 9.90 Å². The summed E-state index contributed by atoms with van der Waals surface area (Å²) >= 11 is 0. The average molecular weight is 287 g/mol. The lowest BCUT2D eigenvalue weighted by Gasteiger charge is -2.18. The van der Waals surface area contributed by atoms with Crippen LogP contribution in [0.5, 0.6) is 0 Å². The summed E-state index contributed by atoms with van der Waals surface area (Å²) in [6, 6.07) is 9.49. The van der Waals surface area contributed by atoms with Crippen LogP contribution in [0.25, 0.3) is 10.8 Å². The van der Waals surface area contributed by atoms with Crippen LogP contribution in [-0.2, 0) is 11.3 Å². The molecule has 2 rings (SSSR count). The molecule has 0 fully saturated rings. The van der Waals surface area contributed by atoms with E-state index in [1.54, 1.807) is 18.4 Å². The molecule has 0 aliphatic heterocycles. The van der Waals surface area contributed by atoms with Gasteiger partial charge < -0.3 is 9.67 Å². The largest absolute Gasteiger partial charge is 0.481 e. The lowest BCUT2D eigenvalue weighted by atomic mass is 9.87. The molecule has 0 saturated heterocycles. The van der Waals surface area contributed by atoms with Gasteiger partial charge in [0.05, 0.1) is 5.41 Å².